The van der Waals surface area contributed by atoms with Gasteiger partial charge in [0, 0.05) is 11.9 Å². The van der Waals surface area contributed by atoms with Gasteiger partial charge in [0.1, 0.15) is 22.7 Å². The predicted molar refractivity (Wildman–Crippen MR) is 115 cm³/mol. The molecule has 164 valence electrons. The van der Waals surface area contributed by atoms with E-state index in [2.05, 4.69) is 10.3 Å². The summed E-state index contributed by atoms with van der Waals surface area (Å²) in [6, 6.07) is 4.87. The molecule has 2 heterocycles. The van der Waals surface area contributed by atoms with Crippen molar-refractivity contribution < 1.29 is 24.1 Å². The summed E-state index contributed by atoms with van der Waals surface area (Å²) in [7, 11) is 1.39. The number of carboxylic acids is 1. The second kappa shape index (κ2) is 8.91. The average Bonchev–Trinajstić information content (AvgIpc) is 2.72. The van der Waals surface area contributed by atoms with E-state index in [1.807, 2.05) is 13.8 Å². The summed E-state index contributed by atoms with van der Waals surface area (Å²) < 4.78 is 20.3. The van der Waals surface area contributed by atoms with Crippen LogP contribution in [-0.4, -0.2) is 39.5 Å². The first-order valence-corrected chi connectivity index (χ1v) is 9.75. The van der Waals surface area contributed by atoms with Gasteiger partial charge >= 0.3 is 5.97 Å². The van der Waals surface area contributed by atoms with Crippen LogP contribution in [-0.2, 0) is 0 Å². The van der Waals surface area contributed by atoms with Crippen LogP contribution in [0.4, 0.5) is 15.8 Å². The summed E-state index contributed by atoms with van der Waals surface area (Å²) in [6.45, 7) is 3.43. The number of pyridine rings is 2. The lowest BCUT2D eigenvalue weighted by Crippen LogP contribution is -2.26. The third-order valence-corrected chi connectivity index (χ3v) is 5.20. The maximum absolute atomic E-state index is 13.5. The highest BCUT2D eigenvalue weighted by molar-refractivity contribution is 6.31. The van der Waals surface area contributed by atoms with Crippen LogP contribution in [0.1, 0.15) is 30.2 Å². The van der Waals surface area contributed by atoms with E-state index in [9.17, 15) is 24.2 Å². The van der Waals surface area contributed by atoms with Crippen LogP contribution in [0.5, 0.6) is 5.88 Å². The summed E-state index contributed by atoms with van der Waals surface area (Å²) in [5.41, 5.74) is -0.337. The number of benzene rings is 1. The summed E-state index contributed by atoms with van der Waals surface area (Å²) in [5.74, 6) is -1.95. The molecule has 10 heteroatoms. The average molecular weight is 450 g/mol. The summed E-state index contributed by atoms with van der Waals surface area (Å²) in [6.07, 6.45) is 1.19. The van der Waals surface area contributed by atoms with Crippen LogP contribution in [0.3, 0.4) is 0 Å². The van der Waals surface area contributed by atoms with Crippen LogP contribution in [0.2, 0.25) is 5.02 Å². The molecule has 2 aromatic heterocycles. The van der Waals surface area contributed by atoms with Gasteiger partial charge in [-0.2, -0.15) is 4.98 Å². The number of nitrogens with one attached hydrogen (secondary N) is 1. The molecule has 1 aromatic carbocycles. The number of aromatic nitrogens is 2. The number of halogens is 2. The standard InChI is InChI=1S/C21H21ClFN3O5/c1-10(2)17(9-27)26-8-13(21(29)30)18(28)12-7-16(20(31-3)25-19(12)26)24-11-4-5-15(23)14(22)6-11/h4-8,10,17,24,27H,9H2,1-3H3,(H,29,30)/t17-/m1/s1. The minimum atomic E-state index is -1.39. The van der Waals surface area contributed by atoms with Crippen molar-refractivity contribution in [3.05, 3.63) is 57.1 Å². The van der Waals surface area contributed by atoms with Crippen LogP contribution >= 0.6 is 11.6 Å². The zero-order valence-corrected chi connectivity index (χ0v) is 17.8. The lowest BCUT2D eigenvalue weighted by atomic mass is 10.0. The van der Waals surface area contributed by atoms with Crippen molar-refractivity contribution in [2.75, 3.05) is 19.0 Å². The fraction of sp³-hybridized carbons (Fsp3) is 0.286. The zero-order valence-electron chi connectivity index (χ0n) is 17.0. The lowest BCUT2D eigenvalue weighted by Gasteiger charge is -2.24. The van der Waals surface area contributed by atoms with Crippen molar-refractivity contribution in [1.82, 2.24) is 9.55 Å². The minimum absolute atomic E-state index is 0.0236. The monoisotopic (exact) mass is 449 g/mol. The van der Waals surface area contributed by atoms with Crippen molar-refractivity contribution in [1.29, 1.82) is 0 Å². The number of anilines is 2. The van der Waals surface area contributed by atoms with E-state index in [0.717, 1.165) is 0 Å². The van der Waals surface area contributed by atoms with Gasteiger partial charge in [-0.25, -0.2) is 9.18 Å². The Balaban J connectivity index is 2.29. The number of aliphatic hydroxyl groups excluding tert-OH is 1. The molecule has 0 aliphatic rings. The second-order valence-corrected chi connectivity index (χ2v) is 7.66. The molecule has 3 aromatic rings. The normalized spacial score (nSPS) is 12.2. The van der Waals surface area contributed by atoms with Crippen molar-refractivity contribution in [2.45, 2.75) is 19.9 Å². The van der Waals surface area contributed by atoms with Gasteiger partial charge in [-0.05, 0) is 30.2 Å². The Hall–Kier alpha value is -3.17. The number of nitrogens with zero attached hydrogens (tertiary/aromatic N) is 2. The number of carboxylic acid groups (broad SMARTS) is 1. The fourth-order valence-corrected chi connectivity index (χ4v) is 3.44. The quantitative estimate of drug-likeness (QED) is 0.502. The first-order chi connectivity index (χ1) is 14.7. The largest absolute Gasteiger partial charge is 0.479 e. The molecular weight excluding hydrogens is 429 g/mol. The molecule has 0 spiro atoms. The van der Waals surface area contributed by atoms with Gasteiger partial charge in [0.05, 0.1) is 30.2 Å². The van der Waals surface area contributed by atoms with Crippen LogP contribution in [0.25, 0.3) is 11.0 Å². The molecule has 8 nitrogen and oxygen atoms in total. The molecule has 0 saturated heterocycles. The lowest BCUT2D eigenvalue weighted by molar-refractivity contribution is 0.0694. The molecule has 0 unspecified atom stereocenters. The number of rotatable bonds is 7. The Kier molecular flexibility index (Phi) is 6.47. The van der Waals surface area contributed by atoms with E-state index >= 15 is 0 Å². The van der Waals surface area contributed by atoms with Gasteiger partial charge in [0.15, 0.2) is 0 Å². The topological polar surface area (TPSA) is 114 Å². The minimum Gasteiger partial charge on any atom is -0.479 e. The summed E-state index contributed by atoms with van der Waals surface area (Å²) >= 11 is 5.83. The van der Waals surface area contributed by atoms with Crippen LogP contribution in [0.15, 0.2) is 35.3 Å². The number of ether oxygens (including phenoxy) is 1. The van der Waals surface area contributed by atoms with Gasteiger partial charge < -0.3 is 24.8 Å². The zero-order chi connectivity index (χ0) is 22.9. The third-order valence-electron chi connectivity index (χ3n) is 4.91. The molecule has 1 atom stereocenters. The molecular formula is C21H21ClFN3O5. The smallest absolute Gasteiger partial charge is 0.341 e. The Morgan fingerprint density at radius 3 is 2.61 bits per heavy atom. The van der Waals surface area contributed by atoms with E-state index in [-0.39, 0.29) is 40.1 Å². The molecule has 3 rings (SSSR count). The highest BCUT2D eigenvalue weighted by Crippen LogP contribution is 2.32. The maximum Gasteiger partial charge on any atom is 0.341 e. The molecule has 0 saturated carbocycles. The van der Waals surface area contributed by atoms with Crippen molar-refractivity contribution in [3.63, 3.8) is 0 Å². The number of hydrogen-bond donors (Lipinski definition) is 3. The van der Waals surface area contributed by atoms with E-state index in [1.54, 1.807) is 0 Å². The number of fused-ring (bicyclic) bond motifs is 1. The Bertz CT molecular complexity index is 1210. The highest BCUT2D eigenvalue weighted by atomic mass is 35.5. The summed E-state index contributed by atoms with van der Waals surface area (Å²) in [4.78, 5) is 29.0. The van der Waals surface area contributed by atoms with Crippen LogP contribution in [0, 0.1) is 11.7 Å². The molecule has 31 heavy (non-hydrogen) atoms. The molecule has 0 aliphatic heterocycles. The SMILES string of the molecule is COc1nc2c(cc1Nc1ccc(F)c(Cl)c1)c(=O)c(C(=O)O)cn2[C@H](CO)C(C)C. The molecule has 0 amide bonds. The second-order valence-electron chi connectivity index (χ2n) is 7.25. The Morgan fingerprint density at radius 1 is 1.35 bits per heavy atom. The van der Waals surface area contributed by atoms with Gasteiger partial charge in [0.2, 0.25) is 11.3 Å². The molecule has 0 radical (unpaired) electrons. The molecule has 0 bridgehead atoms. The Labute approximate surface area is 181 Å². The summed E-state index contributed by atoms with van der Waals surface area (Å²) in [5, 5.41) is 22.3. The van der Waals surface area contributed by atoms with Crippen molar-refractivity contribution in [2.24, 2.45) is 5.92 Å². The van der Waals surface area contributed by atoms with Crippen molar-refractivity contribution >= 4 is 40.0 Å². The first-order valence-electron chi connectivity index (χ1n) is 9.38. The number of hydrogen-bond acceptors (Lipinski definition) is 6. The fourth-order valence-electron chi connectivity index (χ4n) is 3.25. The van der Waals surface area contributed by atoms with E-state index in [4.69, 9.17) is 16.3 Å². The van der Waals surface area contributed by atoms with E-state index in [1.165, 1.54) is 42.1 Å². The third kappa shape index (κ3) is 4.33. The number of aliphatic hydroxyl groups is 1. The van der Waals surface area contributed by atoms with Gasteiger partial charge in [-0.15, -0.1) is 0 Å². The molecule has 3 N–H and O–H groups in total. The number of methoxy groups -OCH3 is 1. The highest BCUT2D eigenvalue weighted by Gasteiger charge is 2.23. The van der Waals surface area contributed by atoms with Crippen LogP contribution < -0.4 is 15.5 Å². The van der Waals surface area contributed by atoms with Gasteiger partial charge in [-0.3, -0.25) is 4.79 Å². The maximum atomic E-state index is 13.5. The molecule has 0 fully saturated rings. The van der Waals surface area contributed by atoms with Gasteiger partial charge in [-0.1, -0.05) is 25.4 Å². The van der Waals surface area contributed by atoms with E-state index < -0.39 is 28.8 Å². The first kappa shape index (κ1) is 22.5. The van der Waals surface area contributed by atoms with E-state index in [0.29, 0.717) is 5.69 Å². The number of carbonyl (C=O) groups is 1. The van der Waals surface area contributed by atoms with Gasteiger partial charge in [0.25, 0.3) is 0 Å². The molecule has 0 aliphatic carbocycles. The van der Waals surface area contributed by atoms with Crippen molar-refractivity contribution in [3.8, 4) is 5.88 Å². The Morgan fingerprint density at radius 2 is 2.06 bits per heavy atom. The number of aromatic carboxylic acids is 1. The predicted octanol–water partition coefficient (Wildman–Crippen LogP) is 3.83.